The molecule has 8 nitrogen and oxygen atoms in total. The second-order valence-electron chi connectivity index (χ2n) is 6.45. The van der Waals surface area contributed by atoms with Crippen LogP contribution in [0.2, 0.25) is 0 Å². The Morgan fingerprint density at radius 3 is 2.16 bits per heavy atom. The van der Waals surface area contributed by atoms with Crippen molar-refractivity contribution < 1.29 is 41.8 Å². The Morgan fingerprint density at radius 2 is 1.59 bits per heavy atom. The van der Waals surface area contributed by atoms with Crippen molar-refractivity contribution in [2.75, 3.05) is 26.1 Å². The molecule has 0 spiro atoms. The first-order chi connectivity index (χ1) is 15.0. The number of esters is 1. The minimum absolute atomic E-state index is 0.104. The van der Waals surface area contributed by atoms with Gasteiger partial charge in [0.05, 0.1) is 19.8 Å². The molecule has 2 aromatic carbocycles. The third kappa shape index (κ3) is 6.62. The van der Waals surface area contributed by atoms with Crippen LogP contribution in [0.25, 0.3) is 0 Å². The highest BCUT2D eigenvalue weighted by Gasteiger charge is 2.30. The van der Waals surface area contributed by atoms with Crippen molar-refractivity contribution in [3.63, 3.8) is 0 Å². The molecule has 2 rings (SSSR count). The van der Waals surface area contributed by atoms with Crippen LogP contribution in [0.5, 0.6) is 11.5 Å². The number of benzene rings is 2. The van der Waals surface area contributed by atoms with Gasteiger partial charge >= 0.3 is 12.1 Å². The zero-order chi connectivity index (χ0) is 23.9. The molecule has 0 aliphatic carbocycles. The summed E-state index contributed by atoms with van der Waals surface area (Å²) in [5.74, 6) is -1.45. The van der Waals surface area contributed by atoms with Gasteiger partial charge in [-0.1, -0.05) is 0 Å². The summed E-state index contributed by atoms with van der Waals surface area (Å²) in [5.41, 5.74) is -0.545. The molecule has 0 bridgehead atoms. The Hall–Kier alpha value is -3.76. The van der Waals surface area contributed by atoms with Gasteiger partial charge in [0.2, 0.25) is 0 Å². The van der Waals surface area contributed by atoms with Gasteiger partial charge in [0.15, 0.2) is 17.6 Å². The fourth-order valence-corrected chi connectivity index (χ4v) is 2.51. The molecule has 1 atom stereocenters. The molecule has 0 fully saturated rings. The van der Waals surface area contributed by atoms with Crippen LogP contribution in [-0.2, 0) is 20.5 Å². The van der Waals surface area contributed by atoms with E-state index in [2.05, 4.69) is 10.6 Å². The fraction of sp³-hybridized carbons (Fsp3) is 0.286. The molecule has 2 N–H and O–H groups in total. The van der Waals surface area contributed by atoms with Gasteiger partial charge in [0, 0.05) is 11.3 Å². The number of methoxy groups -OCH3 is 2. The quantitative estimate of drug-likeness (QED) is 0.595. The number of anilines is 1. The number of ether oxygens (including phenoxy) is 3. The Balaban J connectivity index is 1.85. The van der Waals surface area contributed by atoms with Crippen molar-refractivity contribution in [2.24, 2.45) is 0 Å². The van der Waals surface area contributed by atoms with Crippen LogP contribution in [0.3, 0.4) is 0 Å². The van der Waals surface area contributed by atoms with Crippen LogP contribution in [0.1, 0.15) is 22.8 Å². The van der Waals surface area contributed by atoms with Gasteiger partial charge in [-0.3, -0.25) is 14.4 Å². The van der Waals surface area contributed by atoms with E-state index in [-0.39, 0.29) is 11.3 Å². The fourth-order valence-electron chi connectivity index (χ4n) is 2.51. The van der Waals surface area contributed by atoms with E-state index in [0.29, 0.717) is 11.5 Å². The number of hydrogen-bond acceptors (Lipinski definition) is 6. The standard InChI is InChI=1S/C21H21F3N2O6/c1-12(19(28)26-15-7-5-14(6-8-15)21(22,23)24)32-18(27)11-25-20(29)13-4-9-16(30-2)17(10-13)31-3/h4-10,12H,11H2,1-3H3,(H,25,29)(H,26,28). The van der Waals surface area contributed by atoms with Crippen molar-refractivity contribution in [3.8, 4) is 11.5 Å². The van der Waals surface area contributed by atoms with E-state index in [1.165, 1.54) is 39.3 Å². The first-order valence-electron chi connectivity index (χ1n) is 9.23. The molecule has 0 aromatic heterocycles. The molecule has 32 heavy (non-hydrogen) atoms. The van der Waals surface area contributed by atoms with Crippen LogP contribution >= 0.6 is 0 Å². The maximum atomic E-state index is 12.6. The zero-order valence-electron chi connectivity index (χ0n) is 17.4. The topological polar surface area (TPSA) is 103 Å². The highest BCUT2D eigenvalue weighted by atomic mass is 19.4. The second-order valence-corrected chi connectivity index (χ2v) is 6.45. The first-order valence-corrected chi connectivity index (χ1v) is 9.23. The maximum Gasteiger partial charge on any atom is 0.416 e. The molecular formula is C21H21F3N2O6. The monoisotopic (exact) mass is 454 g/mol. The third-order valence-corrected chi connectivity index (χ3v) is 4.20. The summed E-state index contributed by atoms with van der Waals surface area (Å²) in [6, 6.07) is 8.23. The average Bonchev–Trinajstić information content (AvgIpc) is 2.76. The van der Waals surface area contributed by atoms with Crippen LogP contribution in [0.15, 0.2) is 42.5 Å². The third-order valence-electron chi connectivity index (χ3n) is 4.20. The maximum absolute atomic E-state index is 12.6. The van der Waals surface area contributed by atoms with E-state index in [0.717, 1.165) is 24.3 Å². The molecule has 0 aliphatic heterocycles. The smallest absolute Gasteiger partial charge is 0.416 e. The van der Waals surface area contributed by atoms with E-state index in [9.17, 15) is 27.6 Å². The lowest BCUT2D eigenvalue weighted by Crippen LogP contribution is -2.35. The van der Waals surface area contributed by atoms with Crippen molar-refractivity contribution >= 4 is 23.5 Å². The van der Waals surface area contributed by atoms with Gasteiger partial charge in [-0.25, -0.2) is 0 Å². The molecule has 2 amide bonds. The second kappa shape index (κ2) is 10.5. The largest absolute Gasteiger partial charge is 0.493 e. The Morgan fingerprint density at radius 1 is 0.969 bits per heavy atom. The van der Waals surface area contributed by atoms with Gasteiger partial charge in [0.1, 0.15) is 6.54 Å². The van der Waals surface area contributed by atoms with Crippen molar-refractivity contribution in [2.45, 2.75) is 19.2 Å². The number of halogens is 3. The molecule has 0 saturated carbocycles. The minimum atomic E-state index is -4.49. The summed E-state index contributed by atoms with van der Waals surface area (Å²) >= 11 is 0. The van der Waals surface area contributed by atoms with E-state index < -0.39 is 42.2 Å². The van der Waals surface area contributed by atoms with Crippen LogP contribution in [0.4, 0.5) is 18.9 Å². The SMILES string of the molecule is COc1ccc(C(=O)NCC(=O)OC(C)C(=O)Nc2ccc(C(F)(F)F)cc2)cc1OC. The molecule has 172 valence electrons. The van der Waals surface area contributed by atoms with Gasteiger partial charge < -0.3 is 24.8 Å². The summed E-state index contributed by atoms with van der Waals surface area (Å²) in [7, 11) is 2.86. The average molecular weight is 454 g/mol. The summed E-state index contributed by atoms with van der Waals surface area (Å²) in [6.45, 7) is 0.776. The van der Waals surface area contributed by atoms with E-state index >= 15 is 0 Å². The number of alkyl halides is 3. The normalized spacial score (nSPS) is 11.8. The highest BCUT2D eigenvalue weighted by molar-refractivity contribution is 5.97. The molecule has 1 unspecified atom stereocenters. The summed E-state index contributed by atoms with van der Waals surface area (Å²) in [5, 5.41) is 4.70. The molecule has 0 saturated heterocycles. The van der Waals surface area contributed by atoms with Gasteiger partial charge in [-0.05, 0) is 49.4 Å². The van der Waals surface area contributed by atoms with Crippen LogP contribution < -0.4 is 20.1 Å². The number of hydrogen-bond donors (Lipinski definition) is 2. The first kappa shape index (κ1) is 24.5. The van der Waals surface area contributed by atoms with Crippen molar-refractivity contribution in [3.05, 3.63) is 53.6 Å². The predicted molar refractivity (Wildman–Crippen MR) is 108 cm³/mol. The minimum Gasteiger partial charge on any atom is -0.493 e. The molecule has 0 aliphatic rings. The summed E-state index contributed by atoms with van der Waals surface area (Å²) in [6.07, 6.45) is -5.74. The lowest BCUT2D eigenvalue weighted by Gasteiger charge is -2.14. The highest BCUT2D eigenvalue weighted by Crippen LogP contribution is 2.30. The molecule has 0 radical (unpaired) electrons. The Bertz CT molecular complexity index is 976. The summed E-state index contributed by atoms with van der Waals surface area (Å²) < 4.78 is 52.9. The zero-order valence-corrected chi connectivity index (χ0v) is 17.4. The number of rotatable bonds is 8. The number of carbonyl (C=O) groups excluding carboxylic acids is 3. The van der Waals surface area contributed by atoms with E-state index in [4.69, 9.17) is 14.2 Å². The predicted octanol–water partition coefficient (Wildman–Crippen LogP) is 3.02. The molecule has 2 aromatic rings. The van der Waals surface area contributed by atoms with Crippen molar-refractivity contribution in [1.29, 1.82) is 0 Å². The number of amides is 2. The molecule has 11 heteroatoms. The van der Waals surface area contributed by atoms with Gasteiger partial charge in [-0.15, -0.1) is 0 Å². The van der Waals surface area contributed by atoms with Gasteiger partial charge in [-0.2, -0.15) is 13.2 Å². The lowest BCUT2D eigenvalue weighted by molar-refractivity contribution is -0.152. The summed E-state index contributed by atoms with van der Waals surface area (Å²) in [4.78, 5) is 36.2. The van der Waals surface area contributed by atoms with Gasteiger partial charge in [0.25, 0.3) is 11.8 Å². The molecular weight excluding hydrogens is 433 g/mol. The van der Waals surface area contributed by atoms with E-state index in [1.807, 2.05) is 0 Å². The van der Waals surface area contributed by atoms with Crippen molar-refractivity contribution in [1.82, 2.24) is 5.32 Å². The van der Waals surface area contributed by atoms with Crippen LogP contribution in [0, 0.1) is 0 Å². The number of nitrogens with one attached hydrogen (secondary N) is 2. The Labute approximate surface area is 181 Å². The Kier molecular flexibility index (Phi) is 8.05. The lowest BCUT2D eigenvalue weighted by atomic mass is 10.2. The number of carbonyl (C=O) groups is 3. The van der Waals surface area contributed by atoms with E-state index in [1.54, 1.807) is 0 Å². The van der Waals surface area contributed by atoms with Crippen LogP contribution in [-0.4, -0.2) is 44.7 Å². The molecule has 0 heterocycles.